The van der Waals surface area contributed by atoms with Crippen LogP contribution in [0.3, 0.4) is 0 Å². The van der Waals surface area contributed by atoms with Crippen molar-refractivity contribution in [3.63, 3.8) is 0 Å². The van der Waals surface area contributed by atoms with E-state index < -0.39 is 0 Å². The van der Waals surface area contributed by atoms with Crippen molar-refractivity contribution >= 4 is 44.5 Å². The second-order valence-electron chi connectivity index (χ2n) is 4.62. The Morgan fingerprint density at radius 2 is 2.26 bits per heavy atom. The number of anilines is 2. The first-order valence-corrected chi connectivity index (χ1v) is 7.64. The van der Waals surface area contributed by atoms with Gasteiger partial charge < -0.3 is 10.6 Å². The number of nitrogens with two attached hydrogens (primary N) is 1. The van der Waals surface area contributed by atoms with Crippen LogP contribution in [0.4, 0.5) is 11.4 Å². The van der Waals surface area contributed by atoms with Gasteiger partial charge >= 0.3 is 0 Å². The first kappa shape index (κ1) is 12.7. The van der Waals surface area contributed by atoms with Crippen LogP contribution >= 0.6 is 27.3 Å². The van der Waals surface area contributed by atoms with E-state index in [-0.39, 0.29) is 5.91 Å². The Hall–Kier alpha value is -1.33. The molecule has 0 atom stereocenters. The number of amides is 1. The van der Waals surface area contributed by atoms with Crippen LogP contribution in [0.5, 0.6) is 0 Å². The van der Waals surface area contributed by atoms with Crippen LogP contribution in [-0.4, -0.2) is 12.5 Å². The zero-order chi connectivity index (χ0) is 13.6. The lowest BCUT2D eigenvalue weighted by Gasteiger charge is -2.16. The van der Waals surface area contributed by atoms with Gasteiger partial charge in [0, 0.05) is 23.5 Å². The van der Waals surface area contributed by atoms with Crippen LogP contribution < -0.4 is 10.6 Å². The van der Waals surface area contributed by atoms with Crippen LogP contribution in [0, 0.1) is 6.92 Å². The number of carbonyl (C=O) groups is 1. The summed E-state index contributed by atoms with van der Waals surface area (Å²) in [6, 6.07) is 7.68. The van der Waals surface area contributed by atoms with Gasteiger partial charge in [0.05, 0.1) is 8.66 Å². The van der Waals surface area contributed by atoms with Crippen molar-refractivity contribution in [2.24, 2.45) is 0 Å². The van der Waals surface area contributed by atoms with Crippen molar-refractivity contribution in [1.29, 1.82) is 0 Å². The Bertz CT molecular complexity index is 646. The lowest BCUT2D eigenvalue weighted by Crippen LogP contribution is -2.28. The lowest BCUT2D eigenvalue weighted by molar-refractivity contribution is 0.0993. The van der Waals surface area contributed by atoms with Crippen molar-refractivity contribution < 1.29 is 4.79 Å². The molecular weight excluding hydrogens is 324 g/mol. The molecule has 2 N–H and O–H groups in total. The standard InChI is InChI=1S/C14H13BrN2OS/c1-8-7-12(19-13(8)15)14(18)17-6-5-9-10(16)3-2-4-11(9)17/h2-4,7H,5-6,16H2,1H3. The maximum Gasteiger partial charge on any atom is 0.268 e. The third-order valence-electron chi connectivity index (χ3n) is 3.38. The number of thiophene rings is 1. The number of hydrogen-bond acceptors (Lipinski definition) is 3. The van der Waals surface area contributed by atoms with E-state index in [9.17, 15) is 4.79 Å². The summed E-state index contributed by atoms with van der Waals surface area (Å²) in [5, 5.41) is 0. The summed E-state index contributed by atoms with van der Waals surface area (Å²) in [4.78, 5) is 15.1. The molecule has 1 aliphatic rings. The molecule has 0 radical (unpaired) electrons. The highest BCUT2D eigenvalue weighted by molar-refractivity contribution is 9.11. The fourth-order valence-electron chi connectivity index (χ4n) is 2.37. The molecule has 2 aromatic rings. The summed E-state index contributed by atoms with van der Waals surface area (Å²) >= 11 is 4.95. The van der Waals surface area contributed by atoms with E-state index in [0.717, 1.165) is 37.6 Å². The van der Waals surface area contributed by atoms with Gasteiger partial charge in [-0.25, -0.2) is 0 Å². The molecule has 0 unspecified atom stereocenters. The van der Waals surface area contributed by atoms with Crippen molar-refractivity contribution in [2.75, 3.05) is 17.2 Å². The molecule has 1 aliphatic heterocycles. The van der Waals surface area contributed by atoms with Gasteiger partial charge in [-0.15, -0.1) is 11.3 Å². The number of aryl methyl sites for hydroxylation is 1. The molecule has 1 amide bonds. The quantitative estimate of drug-likeness (QED) is 0.808. The van der Waals surface area contributed by atoms with E-state index in [1.807, 2.05) is 36.1 Å². The number of hydrogen-bond donors (Lipinski definition) is 1. The van der Waals surface area contributed by atoms with Crippen LogP contribution in [0.25, 0.3) is 0 Å². The van der Waals surface area contributed by atoms with Gasteiger partial charge in [0.25, 0.3) is 5.91 Å². The molecule has 98 valence electrons. The maximum atomic E-state index is 12.6. The molecule has 3 nitrogen and oxygen atoms in total. The third kappa shape index (κ3) is 2.07. The largest absolute Gasteiger partial charge is 0.398 e. The summed E-state index contributed by atoms with van der Waals surface area (Å²) in [6.07, 6.45) is 0.833. The molecule has 0 saturated carbocycles. The van der Waals surface area contributed by atoms with Gasteiger partial charge in [-0.05, 0) is 53.0 Å². The second-order valence-corrected chi connectivity index (χ2v) is 6.99. The van der Waals surface area contributed by atoms with Crippen LogP contribution in [-0.2, 0) is 6.42 Å². The zero-order valence-corrected chi connectivity index (χ0v) is 12.8. The number of rotatable bonds is 1. The third-order valence-corrected chi connectivity index (χ3v) is 5.50. The predicted octanol–water partition coefficient (Wildman–Crippen LogP) is 3.60. The molecular formula is C14H13BrN2OS. The average molecular weight is 337 g/mol. The monoisotopic (exact) mass is 336 g/mol. The Kier molecular flexibility index (Phi) is 3.11. The van der Waals surface area contributed by atoms with Gasteiger partial charge in [-0.2, -0.15) is 0 Å². The second kappa shape index (κ2) is 4.65. The van der Waals surface area contributed by atoms with E-state index in [2.05, 4.69) is 15.9 Å². The highest BCUT2D eigenvalue weighted by atomic mass is 79.9. The molecule has 0 fully saturated rings. The minimum Gasteiger partial charge on any atom is -0.398 e. The van der Waals surface area contributed by atoms with E-state index in [4.69, 9.17) is 5.73 Å². The van der Waals surface area contributed by atoms with Gasteiger partial charge in [0.15, 0.2) is 0 Å². The fraction of sp³-hybridized carbons (Fsp3) is 0.214. The topological polar surface area (TPSA) is 46.3 Å². The summed E-state index contributed by atoms with van der Waals surface area (Å²) in [5.74, 6) is 0.0585. The summed E-state index contributed by atoms with van der Waals surface area (Å²) in [6.45, 7) is 2.70. The van der Waals surface area contributed by atoms with Crippen LogP contribution in [0.2, 0.25) is 0 Å². The molecule has 0 bridgehead atoms. The van der Waals surface area contributed by atoms with Gasteiger partial charge in [0.2, 0.25) is 0 Å². The number of carbonyl (C=O) groups excluding carboxylic acids is 1. The average Bonchev–Trinajstić information content (AvgIpc) is 2.94. The zero-order valence-electron chi connectivity index (χ0n) is 10.4. The van der Waals surface area contributed by atoms with Gasteiger partial charge in [-0.3, -0.25) is 4.79 Å². The Balaban J connectivity index is 1.98. The van der Waals surface area contributed by atoms with E-state index >= 15 is 0 Å². The minimum absolute atomic E-state index is 0.0585. The molecule has 2 heterocycles. The van der Waals surface area contributed by atoms with Crippen molar-refractivity contribution in [1.82, 2.24) is 0 Å². The molecule has 19 heavy (non-hydrogen) atoms. The molecule has 0 saturated heterocycles. The lowest BCUT2D eigenvalue weighted by atomic mass is 10.1. The van der Waals surface area contributed by atoms with Gasteiger partial charge in [0.1, 0.15) is 0 Å². The number of nitrogen functional groups attached to an aromatic ring is 1. The van der Waals surface area contributed by atoms with Gasteiger partial charge in [-0.1, -0.05) is 6.07 Å². The summed E-state index contributed by atoms with van der Waals surface area (Å²) in [5.41, 5.74) is 9.87. The number of fused-ring (bicyclic) bond motifs is 1. The smallest absolute Gasteiger partial charge is 0.268 e. The molecule has 3 rings (SSSR count). The number of nitrogens with zero attached hydrogens (tertiary/aromatic N) is 1. The Labute approximate surface area is 124 Å². The first-order valence-electron chi connectivity index (χ1n) is 6.03. The summed E-state index contributed by atoms with van der Waals surface area (Å²) < 4.78 is 1.02. The predicted molar refractivity (Wildman–Crippen MR) is 83.0 cm³/mol. The SMILES string of the molecule is Cc1cc(C(=O)N2CCc3c(N)cccc32)sc1Br. The highest BCUT2D eigenvalue weighted by Gasteiger charge is 2.27. The molecule has 5 heteroatoms. The normalized spacial score (nSPS) is 13.7. The van der Waals surface area contributed by atoms with E-state index in [1.165, 1.54) is 11.3 Å². The fourth-order valence-corrected chi connectivity index (χ4v) is 3.85. The van der Waals surface area contributed by atoms with Crippen molar-refractivity contribution in [3.05, 3.63) is 44.1 Å². The minimum atomic E-state index is 0.0585. The number of halogens is 1. The van der Waals surface area contributed by atoms with Crippen LogP contribution in [0.15, 0.2) is 28.1 Å². The molecule has 0 spiro atoms. The van der Waals surface area contributed by atoms with E-state index in [1.54, 1.807) is 0 Å². The molecule has 1 aromatic heterocycles. The first-order chi connectivity index (χ1) is 9.08. The van der Waals surface area contributed by atoms with Crippen LogP contribution in [0.1, 0.15) is 20.8 Å². The maximum absolute atomic E-state index is 12.6. The molecule has 0 aliphatic carbocycles. The highest BCUT2D eigenvalue weighted by Crippen LogP contribution is 2.35. The number of benzene rings is 1. The molecule has 1 aromatic carbocycles. The summed E-state index contributed by atoms with van der Waals surface area (Å²) in [7, 11) is 0. The van der Waals surface area contributed by atoms with Crippen molar-refractivity contribution in [3.8, 4) is 0 Å². The van der Waals surface area contributed by atoms with Crippen molar-refractivity contribution in [2.45, 2.75) is 13.3 Å². The van der Waals surface area contributed by atoms with E-state index in [0.29, 0.717) is 6.54 Å². The Morgan fingerprint density at radius 3 is 2.95 bits per heavy atom. The Morgan fingerprint density at radius 1 is 1.47 bits per heavy atom.